The maximum atomic E-state index is 11.6. The number of ether oxygens (including phenoxy) is 1. The highest BCUT2D eigenvalue weighted by Crippen LogP contribution is 2.17. The van der Waals surface area contributed by atoms with Gasteiger partial charge in [-0.2, -0.15) is 4.98 Å². The van der Waals surface area contributed by atoms with Gasteiger partial charge in [-0.1, -0.05) is 0 Å². The number of hydrogen-bond acceptors (Lipinski definition) is 4. The van der Waals surface area contributed by atoms with Crippen LogP contribution in [0.5, 0.6) is 0 Å². The number of nitrogens with one attached hydrogen (secondary N) is 2. The molecule has 1 amide bonds. The van der Waals surface area contributed by atoms with Crippen LogP contribution >= 0.6 is 0 Å². The highest BCUT2D eigenvalue weighted by atomic mass is 16.5. The van der Waals surface area contributed by atoms with E-state index in [1.54, 1.807) is 6.92 Å². The van der Waals surface area contributed by atoms with Crippen molar-refractivity contribution in [2.45, 2.75) is 45.1 Å². The molecule has 1 aliphatic heterocycles. The van der Waals surface area contributed by atoms with Crippen LogP contribution in [-0.4, -0.2) is 33.8 Å². The smallest absolute Gasteiger partial charge is 0.248 e. The van der Waals surface area contributed by atoms with Crippen LogP contribution in [0.15, 0.2) is 0 Å². The van der Waals surface area contributed by atoms with E-state index >= 15 is 0 Å². The molecular formula is C11H18N4O2. The average Bonchev–Trinajstić information content (AvgIpc) is 2.73. The van der Waals surface area contributed by atoms with E-state index in [4.69, 9.17) is 4.74 Å². The highest BCUT2D eigenvalue weighted by Gasteiger charge is 2.15. The van der Waals surface area contributed by atoms with Gasteiger partial charge in [0.05, 0.1) is 6.10 Å². The SMILES string of the molecule is Cc1nc(NC(=O)CCC2CCCCO2)n[nH]1. The number of anilines is 1. The van der Waals surface area contributed by atoms with Crippen molar-refractivity contribution in [2.75, 3.05) is 11.9 Å². The number of carbonyl (C=O) groups excluding carboxylic acids is 1. The topological polar surface area (TPSA) is 79.9 Å². The quantitative estimate of drug-likeness (QED) is 0.831. The van der Waals surface area contributed by atoms with E-state index in [-0.39, 0.29) is 12.0 Å². The fourth-order valence-corrected chi connectivity index (χ4v) is 1.91. The third-order valence-electron chi connectivity index (χ3n) is 2.82. The van der Waals surface area contributed by atoms with Crippen LogP contribution in [0.1, 0.15) is 37.9 Å². The van der Waals surface area contributed by atoms with E-state index in [2.05, 4.69) is 20.5 Å². The first-order valence-electron chi connectivity index (χ1n) is 6.04. The molecule has 0 radical (unpaired) electrons. The summed E-state index contributed by atoms with van der Waals surface area (Å²) < 4.78 is 5.57. The monoisotopic (exact) mass is 238 g/mol. The number of aromatic amines is 1. The Kier molecular flexibility index (Phi) is 4.08. The van der Waals surface area contributed by atoms with Gasteiger partial charge in [0.2, 0.25) is 11.9 Å². The lowest BCUT2D eigenvalue weighted by Gasteiger charge is -2.21. The number of carbonyl (C=O) groups is 1. The number of aryl methyl sites for hydroxylation is 1. The maximum absolute atomic E-state index is 11.6. The Morgan fingerprint density at radius 3 is 3.12 bits per heavy atom. The van der Waals surface area contributed by atoms with Gasteiger partial charge in [0, 0.05) is 13.0 Å². The zero-order valence-corrected chi connectivity index (χ0v) is 10.0. The molecule has 0 spiro atoms. The summed E-state index contributed by atoms with van der Waals surface area (Å²) in [5.41, 5.74) is 0. The summed E-state index contributed by atoms with van der Waals surface area (Å²) in [5, 5.41) is 9.18. The van der Waals surface area contributed by atoms with E-state index in [9.17, 15) is 4.79 Å². The zero-order chi connectivity index (χ0) is 12.1. The molecular weight excluding hydrogens is 220 g/mol. The summed E-state index contributed by atoms with van der Waals surface area (Å²) in [4.78, 5) is 15.6. The third-order valence-corrected chi connectivity index (χ3v) is 2.82. The summed E-state index contributed by atoms with van der Waals surface area (Å²) in [6, 6.07) is 0. The van der Waals surface area contributed by atoms with Gasteiger partial charge in [-0.3, -0.25) is 15.2 Å². The minimum Gasteiger partial charge on any atom is -0.378 e. The molecule has 2 N–H and O–H groups in total. The number of hydrogen-bond donors (Lipinski definition) is 2. The van der Waals surface area contributed by atoms with Gasteiger partial charge in [0.1, 0.15) is 5.82 Å². The number of H-pyrrole nitrogens is 1. The Balaban J connectivity index is 1.70. The fraction of sp³-hybridized carbons (Fsp3) is 0.727. The minimum atomic E-state index is -0.0572. The molecule has 0 saturated carbocycles. The third kappa shape index (κ3) is 3.81. The number of rotatable bonds is 4. The summed E-state index contributed by atoms with van der Waals surface area (Å²) in [5.74, 6) is 0.978. The highest BCUT2D eigenvalue weighted by molar-refractivity contribution is 5.88. The van der Waals surface area contributed by atoms with Crippen LogP contribution in [0.3, 0.4) is 0 Å². The fourth-order valence-electron chi connectivity index (χ4n) is 1.91. The molecule has 1 aromatic rings. The van der Waals surface area contributed by atoms with Crippen molar-refractivity contribution in [1.82, 2.24) is 15.2 Å². The van der Waals surface area contributed by atoms with Gasteiger partial charge < -0.3 is 4.74 Å². The first-order chi connectivity index (χ1) is 8.24. The van der Waals surface area contributed by atoms with Crippen LogP contribution < -0.4 is 5.32 Å². The molecule has 17 heavy (non-hydrogen) atoms. The Morgan fingerprint density at radius 1 is 1.59 bits per heavy atom. The predicted molar refractivity (Wildman–Crippen MR) is 62.6 cm³/mol. The van der Waals surface area contributed by atoms with Gasteiger partial charge in [-0.15, -0.1) is 5.10 Å². The van der Waals surface area contributed by atoms with Gasteiger partial charge in [-0.25, -0.2) is 0 Å². The lowest BCUT2D eigenvalue weighted by molar-refractivity contribution is -0.117. The lowest BCUT2D eigenvalue weighted by atomic mass is 10.0. The standard InChI is InChI=1S/C11H18N4O2/c1-8-12-11(15-14-8)13-10(16)6-5-9-4-2-3-7-17-9/h9H,2-7H2,1H3,(H2,12,13,14,15,16). The molecule has 1 unspecified atom stereocenters. The van der Waals surface area contributed by atoms with Gasteiger partial charge in [0.25, 0.3) is 0 Å². The summed E-state index contributed by atoms with van der Waals surface area (Å²) in [6.07, 6.45) is 4.87. The van der Waals surface area contributed by atoms with Crippen molar-refractivity contribution in [3.8, 4) is 0 Å². The van der Waals surface area contributed by atoms with Crippen molar-refractivity contribution >= 4 is 11.9 Å². The predicted octanol–water partition coefficient (Wildman–Crippen LogP) is 1.40. The van der Waals surface area contributed by atoms with Crippen LogP contribution in [0, 0.1) is 6.92 Å². The van der Waals surface area contributed by atoms with Crippen molar-refractivity contribution < 1.29 is 9.53 Å². The number of amides is 1. The van der Waals surface area contributed by atoms with Gasteiger partial charge in [0.15, 0.2) is 0 Å². The number of nitrogens with zero attached hydrogens (tertiary/aromatic N) is 2. The molecule has 0 aliphatic carbocycles. The van der Waals surface area contributed by atoms with Crippen molar-refractivity contribution in [3.05, 3.63) is 5.82 Å². The molecule has 94 valence electrons. The molecule has 2 rings (SSSR count). The van der Waals surface area contributed by atoms with E-state index < -0.39 is 0 Å². The van der Waals surface area contributed by atoms with E-state index in [0.717, 1.165) is 25.9 Å². The van der Waals surface area contributed by atoms with Crippen molar-refractivity contribution in [3.63, 3.8) is 0 Å². The molecule has 1 fully saturated rings. The van der Waals surface area contributed by atoms with Crippen LogP contribution in [0.25, 0.3) is 0 Å². The normalized spacial score (nSPS) is 20.2. The first-order valence-corrected chi connectivity index (χ1v) is 6.04. The molecule has 6 nitrogen and oxygen atoms in total. The molecule has 0 aromatic carbocycles. The van der Waals surface area contributed by atoms with E-state index in [1.165, 1.54) is 6.42 Å². The largest absolute Gasteiger partial charge is 0.378 e. The first kappa shape index (κ1) is 12.0. The van der Waals surface area contributed by atoms with Crippen LogP contribution in [0.2, 0.25) is 0 Å². The Bertz CT molecular complexity index is 371. The molecule has 2 heterocycles. The molecule has 1 aliphatic rings. The summed E-state index contributed by atoms with van der Waals surface area (Å²) in [7, 11) is 0. The average molecular weight is 238 g/mol. The van der Waals surface area contributed by atoms with Crippen molar-refractivity contribution in [2.24, 2.45) is 0 Å². The maximum Gasteiger partial charge on any atom is 0.248 e. The molecule has 1 saturated heterocycles. The molecule has 0 bridgehead atoms. The van der Waals surface area contributed by atoms with Gasteiger partial charge in [-0.05, 0) is 32.6 Å². The lowest BCUT2D eigenvalue weighted by Crippen LogP contribution is -2.22. The van der Waals surface area contributed by atoms with Crippen molar-refractivity contribution in [1.29, 1.82) is 0 Å². The van der Waals surface area contributed by atoms with Crippen LogP contribution in [0.4, 0.5) is 5.95 Å². The second kappa shape index (κ2) is 5.77. The molecule has 6 heteroatoms. The summed E-state index contributed by atoms with van der Waals surface area (Å²) >= 11 is 0. The Labute approximate surface area is 100 Å². The summed E-state index contributed by atoms with van der Waals surface area (Å²) in [6.45, 7) is 2.62. The number of aromatic nitrogens is 3. The molecule has 1 atom stereocenters. The van der Waals surface area contributed by atoms with E-state index in [0.29, 0.717) is 18.2 Å². The second-order valence-corrected chi connectivity index (χ2v) is 4.32. The van der Waals surface area contributed by atoms with Crippen LogP contribution in [-0.2, 0) is 9.53 Å². The minimum absolute atomic E-state index is 0.0572. The van der Waals surface area contributed by atoms with E-state index in [1.807, 2.05) is 0 Å². The Morgan fingerprint density at radius 2 is 2.47 bits per heavy atom. The Hall–Kier alpha value is -1.43. The second-order valence-electron chi connectivity index (χ2n) is 4.32. The van der Waals surface area contributed by atoms with Gasteiger partial charge >= 0.3 is 0 Å². The molecule has 1 aromatic heterocycles. The zero-order valence-electron chi connectivity index (χ0n) is 10.0.